The molecule has 1 aromatic rings. The first kappa shape index (κ1) is 14.5. The monoisotopic (exact) mass is 295 g/mol. The molecular formula is C10H14ClNO3S2. The summed E-state index contributed by atoms with van der Waals surface area (Å²) in [5.74, 6) is 0.254. The Hall–Kier alpha value is -0.590. The minimum absolute atomic E-state index is 0.0170. The molecule has 0 amide bonds. The van der Waals surface area contributed by atoms with Crippen molar-refractivity contribution in [1.29, 1.82) is 0 Å². The van der Waals surface area contributed by atoms with Crippen molar-refractivity contribution in [2.75, 3.05) is 23.5 Å². The second-order valence-corrected chi connectivity index (χ2v) is 7.87. The van der Waals surface area contributed by atoms with E-state index < -0.39 is 20.6 Å². The quantitative estimate of drug-likeness (QED) is 0.834. The van der Waals surface area contributed by atoms with Crippen LogP contribution in [-0.4, -0.2) is 30.4 Å². The van der Waals surface area contributed by atoms with Crippen molar-refractivity contribution in [1.82, 2.24) is 0 Å². The average Bonchev–Trinajstić information content (AvgIpc) is 2.15. The van der Waals surface area contributed by atoms with Gasteiger partial charge in [0.05, 0.1) is 26.5 Å². The summed E-state index contributed by atoms with van der Waals surface area (Å²) in [5, 5.41) is 0.350. The lowest BCUT2D eigenvalue weighted by atomic mass is 10.3. The van der Waals surface area contributed by atoms with Gasteiger partial charge in [-0.15, -0.1) is 0 Å². The third kappa shape index (κ3) is 4.65. The van der Waals surface area contributed by atoms with Gasteiger partial charge in [-0.2, -0.15) is 0 Å². The first-order chi connectivity index (χ1) is 7.81. The number of nitrogen functional groups attached to an aromatic ring is 1. The number of benzene rings is 1. The number of hydrogen-bond acceptors (Lipinski definition) is 4. The van der Waals surface area contributed by atoms with Crippen LogP contribution in [-0.2, 0) is 20.6 Å². The summed E-state index contributed by atoms with van der Waals surface area (Å²) in [6.07, 6.45) is 1.48. The minimum atomic E-state index is -3.02. The van der Waals surface area contributed by atoms with Crippen LogP contribution in [0.3, 0.4) is 0 Å². The third-order valence-electron chi connectivity index (χ3n) is 2.07. The summed E-state index contributed by atoms with van der Waals surface area (Å²) >= 11 is 5.90. The highest BCUT2D eigenvalue weighted by Crippen LogP contribution is 2.25. The fourth-order valence-electron chi connectivity index (χ4n) is 1.32. The number of nitrogens with two attached hydrogens (primary N) is 1. The Morgan fingerprint density at radius 1 is 1.41 bits per heavy atom. The van der Waals surface area contributed by atoms with Crippen molar-refractivity contribution in [2.45, 2.75) is 11.3 Å². The van der Waals surface area contributed by atoms with Gasteiger partial charge in [-0.05, 0) is 18.6 Å². The van der Waals surface area contributed by atoms with E-state index in [1.807, 2.05) is 0 Å². The van der Waals surface area contributed by atoms with Gasteiger partial charge in [0.25, 0.3) is 0 Å². The summed E-state index contributed by atoms with van der Waals surface area (Å²) in [6, 6.07) is 4.91. The van der Waals surface area contributed by atoms with E-state index in [1.54, 1.807) is 18.2 Å². The average molecular weight is 296 g/mol. The highest BCUT2D eigenvalue weighted by atomic mass is 35.5. The minimum Gasteiger partial charge on any atom is -0.398 e. The molecule has 0 aromatic heterocycles. The summed E-state index contributed by atoms with van der Waals surface area (Å²) in [7, 11) is -4.38. The Morgan fingerprint density at radius 2 is 2.06 bits per heavy atom. The lowest BCUT2D eigenvalue weighted by Crippen LogP contribution is -2.09. The summed E-state index contributed by atoms with van der Waals surface area (Å²) in [5.41, 5.74) is 6.05. The van der Waals surface area contributed by atoms with Gasteiger partial charge in [-0.3, -0.25) is 4.21 Å². The smallest absolute Gasteiger partial charge is 0.147 e. The van der Waals surface area contributed by atoms with Gasteiger partial charge in [0.2, 0.25) is 0 Å². The van der Waals surface area contributed by atoms with Gasteiger partial charge in [0.15, 0.2) is 0 Å². The van der Waals surface area contributed by atoms with Gasteiger partial charge in [-0.1, -0.05) is 17.7 Å². The largest absolute Gasteiger partial charge is 0.398 e. The molecule has 0 saturated carbocycles. The molecule has 0 spiro atoms. The van der Waals surface area contributed by atoms with Crippen LogP contribution in [0.1, 0.15) is 6.42 Å². The second kappa shape index (κ2) is 5.84. The van der Waals surface area contributed by atoms with Crippen molar-refractivity contribution in [3.8, 4) is 0 Å². The van der Waals surface area contributed by atoms with Crippen molar-refractivity contribution in [2.24, 2.45) is 0 Å². The molecule has 0 aliphatic rings. The van der Waals surface area contributed by atoms with Crippen LogP contribution < -0.4 is 5.73 Å². The van der Waals surface area contributed by atoms with Gasteiger partial charge < -0.3 is 5.73 Å². The van der Waals surface area contributed by atoms with Crippen LogP contribution in [0.4, 0.5) is 5.69 Å². The molecule has 96 valence electrons. The Morgan fingerprint density at radius 3 is 2.59 bits per heavy atom. The van der Waals surface area contributed by atoms with Gasteiger partial charge >= 0.3 is 0 Å². The van der Waals surface area contributed by atoms with Crippen molar-refractivity contribution in [3.63, 3.8) is 0 Å². The van der Waals surface area contributed by atoms with Gasteiger partial charge in [0.1, 0.15) is 9.84 Å². The molecule has 1 atom stereocenters. The molecule has 0 heterocycles. The van der Waals surface area contributed by atoms with Crippen LogP contribution in [0.25, 0.3) is 0 Å². The summed E-state index contributed by atoms with van der Waals surface area (Å²) < 4.78 is 33.8. The molecule has 17 heavy (non-hydrogen) atoms. The third-order valence-corrected chi connectivity index (χ3v) is 5.10. The molecule has 0 aliphatic heterocycles. The standard InChI is InChI=1S/C10H14ClNO3S2/c1-17(14,15)7-3-6-16(13)10-8(11)4-2-5-9(10)12/h2,4-5H,3,6-7,12H2,1H3. The van der Waals surface area contributed by atoms with Crippen molar-refractivity contribution >= 4 is 37.9 Å². The van der Waals surface area contributed by atoms with Gasteiger partial charge in [0, 0.05) is 17.7 Å². The van der Waals surface area contributed by atoms with E-state index in [2.05, 4.69) is 0 Å². The molecule has 1 unspecified atom stereocenters. The maximum atomic E-state index is 11.9. The molecule has 0 radical (unpaired) electrons. The Balaban J connectivity index is 2.71. The number of rotatable bonds is 5. The van der Waals surface area contributed by atoms with E-state index in [0.717, 1.165) is 6.26 Å². The molecule has 4 nitrogen and oxygen atoms in total. The van der Waals surface area contributed by atoms with Gasteiger partial charge in [-0.25, -0.2) is 8.42 Å². The first-order valence-corrected chi connectivity index (χ1v) is 8.67. The van der Waals surface area contributed by atoms with Crippen molar-refractivity contribution < 1.29 is 12.6 Å². The predicted molar refractivity (Wildman–Crippen MR) is 71.5 cm³/mol. The molecule has 0 saturated heterocycles. The fraction of sp³-hybridized carbons (Fsp3) is 0.400. The van der Waals surface area contributed by atoms with E-state index in [4.69, 9.17) is 17.3 Å². The van der Waals surface area contributed by atoms with Crippen LogP contribution in [0, 0.1) is 0 Å². The maximum Gasteiger partial charge on any atom is 0.147 e. The number of anilines is 1. The number of halogens is 1. The molecule has 1 aromatic carbocycles. The zero-order chi connectivity index (χ0) is 13.1. The van der Waals surface area contributed by atoms with Crippen LogP contribution >= 0.6 is 11.6 Å². The lowest BCUT2D eigenvalue weighted by Gasteiger charge is -2.07. The van der Waals surface area contributed by atoms with Crippen molar-refractivity contribution in [3.05, 3.63) is 23.2 Å². The highest BCUT2D eigenvalue weighted by molar-refractivity contribution is 7.90. The molecule has 0 aliphatic carbocycles. The van der Waals surface area contributed by atoms with Crippen LogP contribution in [0.2, 0.25) is 5.02 Å². The zero-order valence-electron chi connectivity index (χ0n) is 9.35. The normalized spacial score (nSPS) is 13.5. The van der Waals surface area contributed by atoms with E-state index in [-0.39, 0.29) is 11.5 Å². The summed E-state index contributed by atoms with van der Waals surface area (Å²) in [6.45, 7) is 0. The molecule has 0 bridgehead atoms. The molecule has 7 heteroatoms. The van der Waals surface area contributed by atoms with Crippen LogP contribution in [0.15, 0.2) is 23.1 Å². The Labute approximate surface area is 109 Å². The number of sulfone groups is 1. The Kier molecular flexibility index (Phi) is 4.97. The maximum absolute atomic E-state index is 11.9. The molecular weight excluding hydrogens is 282 g/mol. The molecule has 2 N–H and O–H groups in total. The van der Waals surface area contributed by atoms with E-state index in [1.165, 1.54) is 0 Å². The fourth-order valence-corrected chi connectivity index (χ4v) is 3.84. The Bertz CT molecular complexity index is 508. The topological polar surface area (TPSA) is 77.2 Å². The first-order valence-electron chi connectivity index (χ1n) is 4.91. The zero-order valence-corrected chi connectivity index (χ0v) is 11.7. The van der Waals surface area contributed by atoms with Crippen LogP contribution in [0.5, 0.6) is 0 Å². The van der Waals surface area contributed by atoms with E-state index in [9.17, 15) is 12.6 Å². The number of hydrogen-bond donors (Lipinski definition) is 1. The SMILES string of the molecule is CS(=O)(=O)CCCS(=O)c1c(N)cccc1Cl. The molecule has 0 fully saturated rings. The predicted octanol–water partition coefficient (Wildman–Crippen LogP) is 1.46. The van der Waals surface area contributed by atoms with E-state index in [0.29, 0.717) is 22.0 Å². The van der Waals surface area contributed by atoms with E-state index >= 15 is 0 Å². The molecule has 1 rings (SSSR count). The summed E-state index contributed by atoms with van der Waals surface area (Å²) in [4.78, 5) is 0.391. The highest BCUT2D eigenvalue weighted by Gasteiger charge is 2.13. The lowest BCUT2D eigenvalue weighted by molar-refractivity contribution is 0.600. The second-order valence-electron chi connectivity index (χ2n) is 3.69.